The Morgan fingerprint density at radius 3 is 2.44 bits per heavy atom. The molecule has 0 amide bonds. The van der Waals surface area contributed by atoms with Gasteiger partial charge in [-0.3, -0.25) is 14.4 Å². The Bertz CT molecular complexity index is 942. The van der Waals surface area contributed by atoms with Crippen molar-refractivity contribution in [2.45, 2.75) is 11.8 Å². The molecular formula is C16H16N2O6S. The maximum absolute atomic E-state index is 12.9. The van der Waals surface area contributed by atoms with E-state index in [2.05, 4.69) is 0 Å². The van der Waals surface area contributed by atoms with Crippen LogP contribution >= 0.6 is 0 Å². The van der Waals surface area contributed by atoms with Gasteiger partial charge in [0.25, 0.3) is 15.7 Å². The van der Waals surface area contributed by atoms with Gasteiger partial charge in [-0.25, -0.2) is 8.42 Å². The molecule has 0 saturated heterocycles. The first-order chi connectivity index (χ1) is 11.8. The summed E-state index contributed by atoms with van der Waals surface area (Å²) in [6, 6.07) is 8.45. The van der Waals surface area contributed by atoms with Crippen LogP contribution in [0.3, 0.4) is 0 Å². The largest absolute Gasteiger partial charge is 0.486 e. The quantitative estimate of drug-likeness (QED) is 0.610. The van der Waals surface area contributed by atoms with Gasteiger partial charge in [-0.05, 0) is 24.6 Å². The zero-order valence-corrected chi connectivity index (χ0v) is 14.4. The second kappa shape index (κ2) is 6.25. The van der Waals surface area contributed by atoms with Gasteiger partial charge in [0.1, 0.15) is 13.2 Å². The first-order valence-electron chi connectivity index (χ1n) is 7.44. The second-order valence-electron chi connectivity index (χ2n) is 5.51. The standard InChI is InChI=1S/C16H16N2O6S/c1-11-3-4-12(18(19)20)9-14(11)17(2)25(21,22)13-5-6-15-16(10-13)24-8-7-23-15/h3-6,9-10H,7-8H2,1-2H3. The number of fused-ring (bicyclic) bond motifs is 1. The average Bonchev–Trinajstić information content (AvgIpc) is 2.60. The van der Waals surface area contributed by atoms with Crippen molar-refractivity contribution < 1.29 is 22.8 Å². The Morgan fingerprint density at radius 2 is 1.76 bits per heavy atom. The minimum Gasteiger partial charge on any atom is -0.486 e. The molecule has 25 heavy (non-hydrogen) atoms. The van der Waals surface area contributed by atoms with E-state index in [9.17, 15) is 18.5 Å². The molecule has 0 fully saturated rings. The molecule has 0 aliphatic carbocycles. The molecule has 0 saturated carbocycles. The highest BCUT2D eigenvalue weighted by atomic mass is 32.2. The number of benzene rings is 2. The van der Waals surface area contributed by atoms with E-state index in [1.165, 1.54) is 43.4 Å². The minimum absolute atomic E-state index is 0.0187. The van der Waals surface area contributed by atoms with E-state index in [4.69, 9.17) is 9.47 Å². The summed E-state index contributed by atoms with van der Waals surface area (Å²) in [4.78, 5) is 10.4. The van der Waals surface area contributed by atoms with Crippen molar-refractivity contribution in [3.05, 3.63) is 52.1 Å². The monoisotopic (exact) mass is 364 g/mol. The summed E-state index contributed by atoms with van der Waals surface area (Å²) in [7, 11) is -2.56. The highest BCUT2D eigenvalue weighted by Gasteiger charge is 2.26. The number of anilines is 1. The molecule has 0 spiro atoms. The average molecular weight is 364 g/mol. The van der Waals surface area contributed by atoms with Crippen molar-refractivity contribution in [2.24, 2.45) is 0 Å². The summed E-state index contributed by atoms with van der Waals surface area (Å²) < 4.78 is 37.7. The van der Waals surface area contributed by atoms with Crippen molar-refractivity contribution in [3.63, 3.8) is 0 Å². The molecule has 2 aromatic carbocycles. The van der Waals surface area contributed by atoms with E-state index >= 15 is 0 Å². The molecule has 132 valence electrons. The summed E-state index contributed by atoms with van der Waals surface area (Å²) in [5, 5.41) is 11.0. The fourth-order valence-corrected chi connectivity index (χ4v) is 3.79. The van der Waals surface area contributed by atoms with Gasteiger partial charge in [0.05, 0.1) is 15.5 Å². The molecule has 1 aliphatic heterocycles. The van der Waals surface area contributed by atoms with Crippen molar-refractivity contribution in [3.8, 4) is 11.5 Å². The third-order valence-electron chi connectivity index (χ3n) is 3.91. The highest BCUT2D eigenvalue weighted by Crippen LogP contribution is 2.35. The van der Waals surface area contributed by atoms with E-state index in [1.807, 2.05) is 0 Å². The molecule has 1 heterocycles. The maximum Gasteiger partial charge on any atom is 0.271 e. The van der Waals surface area contributed by atoms with Crippen LogP contribution in [0.15, 0.2) is 41.3 Å². The minimum atomic E-state index is -3.92. The topological polar surface area (TPSA) is 99.0 Å². The van der Waals surface area contributed by atoms with Gasteiger partial charge in [-0.2, -0.15) is 0 Å². The Kier molecular flexibility index (Phi) is 4.25. The molecule has 0 bridgehead atoms. The third kappa shape index (κ3) is 3.10. The zero-order chi connectivity index (χ0) is 18.2. The lowest BCUT2D eigenvalue weighted by atomic mass is 10.2. The summed E-state index contributed by atoms with van der Waals surface area (Å²) in [6.45, 7) is 2.44. The molecule has 8 nitrogen and oxygen atoms in total. The van der Waals surface area contributed by atoms with E-state index in [0.29, 0.717) is 30.3 Å². The van der Waals surface area contributed by atoms with Crippen LogP contribution in [0.25, 0.3) is 0 Å². The van der Waals surface area contributed by atoms with Crippen molar-refractivity contribution in [2.75, 3.05) is 24.6 Å². The summed E-state index contributed by atoms with van der Waals surface area (Å²) in [5.41, 5.74) is 0.670. The SMILES string of the molecule is Cc1ccc([N+](=O)[O-])cc1N(C)S(=O)(=O)c1ccc2c(c1)OCCO2. The number of nitro benzene ring substituents is 1. The molecule has 0 aromatic heterocycles. The van der Waals surface area contributed by atoms with Gasteiger partial charge in [-0.1, -0.05) is 6.07 Å². The molecule has 2 aromatic rings. The summed E-state index contributed by atoms with van der Waals surface area (Å²) >= 11 is 0. The van der Waals surface area contributed by atoms with E-state index in [1.54, 1.807) is 6.92 Å². The van der Waals surface area contributed by atoms with Gasteiger partial charge in [0.15, 0.2) is 11.5 Å². The predicted octanol–water partition coefficient (Wildman–Crippen LogP) is 2.50. The van der Waals surface area contributed by atoms with Crippen LogP contribution in [0.5, 0.6) is 11.5 Å². The molecule has 1 aliphatic rings. The second-order valence-corrected chi connectivity index (χ2v) is 7.48. The third-order valence-corrected chi connectivity index (χ3v) is 5.68. The summed E-state index contributed by atoms with van der Waals surface area (Å²) in [5.74, 6) is 0.843. The molecule has 0 unspecified atom stereocenters. The number of hydrogen-bond acceptors (Lipinski definition) is 6. The van der Waals surface area contributed by atoms with Crippen LogP contribution in [0.2, 0.25) is 0 Å². The number of nitro groups is 1. The normalized spacial score (nSPS) is 13.4. The van der Waals surface area contributed by atoms with E-state index in [0.717, 1.165) is 4.31 Å². The number of aryl methyl sites for hydroxylation is 1. The first kappa shape index (κ1) is 17.0. The van der Waals surface area contributed by atoms with Crippen molar-refractivity contribution in [1.82, 2.24) is 0 Å². The first-order valence-corrected chi connectivity index (χ1v) is 8.88. The van der Waals surface area contributed by atoms with Crippen molar-refractivity contribution >= 4 is 21.4 Å². The lowest BCUT2D eigenvalue weighted by molar-refractivity contribution is -0.384. The van der Waals surface area contributed by atoms with Gasteiger partial charge < -0.3 is 9.47 Å². The van der Waals surface area contributed by atoms with Gasteiger partial charge >= 0.3 is 0 Å². The predicted molar refractivity (Wildman–Crippen MR) is 90.9 cm³/mol. The number of sulfonamides is 1. The summed E-state index contributed by atoms with van der Waals surface area (Å²) in [6.07, 6.45) is 0. The molecular weight excluding hydrogens is 348 g/mol. The van der Waals surface area contributed by atoms with Crippen LogP contribution in [-0.2, 0) is 10.0 Å². The molecule has 0 atom stereocenters. The van der Waals surface area contributed by atoms with E-state index < -0.39 is 14.9 Å². The Balaban J connectivity index is 2.03. The van der Waals surface area contributed by atoms with E-state index in [-0.39, 0.29) is 16.3 Å². The lowest BCUT2D eigenvalue weighted by Crippen LogP contribution is -2.27. The zero-order valence-electron chi connectivity index (χ0n) is 13.6. The Hall–Kier alpha value is -2.81. The number of non-ortho nitro benzene ring substituents is 1. The fourth-order valence-electron chi connectivity index (χ4n) is 2.52. The Labute approximate surface area is 144 Å². The fraction of sp³-hybridized carbons (Fsp3) is 0.250. The molecule has 9 heteroatoms. The molecule has 0 N–H and O–H groups in total. The van der Waals surface area contributed by atoms with Gasteiger partial charge in [0, 0.05) is 25.2 Å². The van der Waals surface area contributed by atoms with Crippen LogP contribution in [0.1, 0.15) is 5.56 Å². The molecule has 3 rings (SSSR count). The van der Waals surface area contributed by atoms with Crippen LogP contribution in [-0.4, -0.2) is 33.6 Å². The van der Waals surface area contributed by atoms with Gasteiger partial charge in [0.2, 0.25) is 0 Å². The number of rotatable bonds is 4. The molecule has 0 radical (unpaired) electrons. The maximum atomic E-state index is 12.9. The van der Waals surface area contributed by atoms with Crippen LogP contribution in [0, 0.1) is 17.0 Å². The van der Waals surface area contributed by atoms with Crippen molar-refractivity contribution in [1.29, 1.82) is 0 Å². The smallest absolute Gasteiger partial charge is 0.271 e. The lowest BCUT2D eigenvalue weighted by Gasteiger charge is -2.23. The van der Waals surface area contributed by atoms with Crippen LogP contribution in [0.4, 0.5) is 11.4 Å². The van der Waals surface area contributed by atoms with Crippen LogP contribution < -0.4 is 13.8 Å². The Morgan fingerprint density at radius 1 is 1.08 bits per heavy atom. The van der Waals surface area contributed by atoms with Gasteiger partial charge in [-0.15, -0.1) is 0 Å². The highest BCUT2D eigenvalue weighted by molar-refractivity contribution is 7.92. The number of ether oxygens (including phenoxy) is 2. The number of hydrogen-bond donors (Lipinski definition) is 0. The number of nitrogens with zero attached hydrogens (tertiary/aromatic N) is 2.